The molecule has 0 bridgehead atoms. The number of benzene rings is 3. The van der Waals surface area contributed by atoms with Gasteiger partial charge in [-0.25, -0.2) is 4.98 Å². The van der Waals surface area contributed by atoms with Crippen molar-refractivity contribution in [1.82, 2.24) is 9.97 Å². The highest BCUT2D eigenvalue weighted by Crippen LogP contribution is 2.32. The summed E-state index contributed by atoms with van der Waals surface area (Å²) in [4.78, 5) is 22.9. The quantitative estimate of drug-likeness (QED) is 0.300. The molecule has 5 rings (SSSR count). The van der Waals surface area contributed by atoms with E-state index in [4.69, 9.17) is 16.6 Å². The normalized spacial score (nSPS) is 11.2. The summed E-state index contributed by atoms with van der Waals surface area (Å²) >= 11 is 6.27. The Kier molecular flexibility index (Phi) is 5.84. The maximum Gasteiger partial charge on any atom is 0.226 e. The van der Waals surface area contributed by atoms with Gasteiger partial charge in [-0.1, -0.05) is 66.2 Å². The summed E-state index contributed by atoms with van der Waals surface area (Å²) in [5.74, 6) is 0.0494. The van der Waals surface area contributed by atoms with Crippen LogP contribution < -0.4 is 4.90 Å². The molecule has 4 nitrogen and oxygen atoms in total. The van der Waals surface area contributed by atoms with Crippen LogP contribution >= 0.6 is 11.6 Å². The smallest absolute Gasteiger partial charge is 0.226 e. The van der Waals surface area contributed by atoms with Crippen molar-refractivity contribution >= 4 is 45.0 Å². The second-order valence-corrected chi connectivity index (χ2v) is 8.58. The van der Waals surface area contributed by atoms with Crippen LogP contribution in [0.4, 0.5) is 5.69 Å². The van der Waals surface area contributed by atoms with Gasteiger partial charge in [-0.15, -0.1) is 0 Å². The number of hydrogen-bond donors (Lipinski definition) is 1. The lowest BCUT2D eigenvalue weighted by Crippen LogP contribution is -2.26. The van der Waals surface area contributed by atoms with Gasteiger partial charge < -0.3 is 9.88 Å². The van der Waals surface area contributed by atoms with Crippen molar-refractivity contribution in [3.63, 3.8) is 0 Å². The number of aromatic nitrogens is 2. The summed E-state index contributed by atoms with van der Waals surface area (Å²) in [7, 11) is 1.78. The molecular weight excluding hydrogens is 430 g/mol. The Bertz CT molecular complexity index is 1460. The predicted octanol–water partition coefficient (Wildman–Crippen LogP) is 7.02. The molecule has 0 saturated heterocycles. The average Bonchev–Trinajstić information content (AvgIpc) is 3.22. The highest BCUT2D eigenvalue weighted by molar-refractivity contribution is 6.33. The first-order valence-electron chi connectivity index (χ1n) is 11.1. The molecular formula is C28H24ClN3O. The Morgan fingerprint density at radius 3 is 2.58 bits per heavy atom. The molecule has 0 saturated carbocycles. The molecule has 0 aliphatic heterocycles. The van der Waals surface area contributed by atoms with Gasteiger partial charge in [-0.2, -0.15) is 0 Å². The third-order valence-corrected chi connectivity index (χ3v) is 6.39. The number of fused-ring (bicyclic) bond motifs is 2. The van der Waals surface area contributed by atoms with Crippen LogP contribution in [0, 0.1) is 0 Å². The maximum absolute atomic E-state index is 12.8. The highest BCUT2D eigenvalue weighted by Gasteiger charge is 2.17. The molecule has 5 heteroatoms. The zero-order chi connectivity index (χ0) is 22.8. The molecule has 0 radical (unpaired) electrons. The number of aryl methyl sites for hydroxylation is 1. The minimum Gasteiger partial charge on any atom is -0.353 e. The molecule has 1 amide bonds. The predicted molar refractivity (Wildman–Crippen MR) is 137 cm³/mol. The van der Waals surface area contributed by atoms with Crippen molar-refractivity contribution in [2.45, 2.75) is 19.3 Å². The zero-order valence-corrected chi connectivity index (χ0v) is 19.1. The van der Waals surface area contributed by atoms with Crippen LogP contribution in [0.3, 0.4) is 0 Å². The average molecular weight is 454 g/mol. The fraction of sp³-hybridized carbons (Fsp3) is 0.143. The van der Waals surface area contributed by atoms with E-state index in [1.54, 1.807) is 18.0 Å². The lowest BCUT2D eigenvalue weighted by molar-refractivity contribution is -0.118. The number of aromatic amines is 1. The zero-order valence-electron chi connectivity index (χ0n) is 18.4. The van der Waals surface area contributed by atoms with Gasteiger partial charge in [0.15, 0.2) is 0 Å². The second-order valence-electron chi connectivity index (χ2n) is 8.17. The lowest BCUT2D eigenvalue weighted by atomic mass is 10.0. The van der Waals surface area contributed by atoms with E-state index in [1.165, 1.54) is 10.9 Å². The van der Waals surface area contributed by atoms with Gasteiger partial charge >= 0.3 is 0 Å². The molecule has 0 atom stereocenters. The molecule has 2 aromatic heterocycles. The molecule has 0 unspecified atom stereocenters. The van der Waals surface area contributed by atoms with Crippen molar-refractivity contribution in [1.29, 1.82) is 0 Å². The molecule has 164 valence electrons. The lowest BCUT2D eigenvalue weighted by Gasteiger charge is -2.18. The van der Waals surface area contributed by atoms with Crippen molar-refractivity contribution in [3.05, 3.63) is 95.5 Å². The summed E-state index contributed by atoms with van der Waals surface area (Å²) in [6, 6.07) is 28.0. The van der Waals surface area contributed by atoms with Gasteiger partial charge in [0, 0.05) is 29.8 Å². The topological polar surface area (TPSA) is 49.0 Å². The number of nitrogens with zero attached hydrogens (tertiary/aromatic N) is 2. The van der Waals surface area contributed by atoms with Gasteiger partial charge in [-0.3, -0.25) is 4.79 Å². The van der Waals surface area contributed by atoms with E-state index in [1.807, 2.05) is 48.5 Å². The SMILES string of the molecule is CN(C(=O)CCCc1c(-c2ccc3ccccc3n2)[nH]c2ccccc12)c1ccccc1Cl. The number of H-pyrrole nitrogens is 1. The van der Waals surface area contributed by atoms with Gasteiger partial charge in [0.2, 0.25) is 5.91 Å². The van der Waals surface area contributed by atoms with Gasteiger partial charge in [-0.05, 0) is 48.7 Å². The molecule has 3 aromatic carbocycles. The first-order chi connectivity index (χ1) is 16.1. The van der Waals surface area contributed by atoms with Crippen molar-refractivity contribution in [2.75, 3.05) is 11.9 Å². The maximum atomic E-state index is 12.8. The first-order valence-corrected chi connectivity index (χ1v) is 11.5. The number of amides is 1. The highest BCUT2D eigenvalue weighted by atomic mass is 35.5. The monoisotopic (exact) mass is 453 g/mol. The molecule has 0 aliphatic carbocycles. The van der Waals surface area contributed by atoms with E-state index in [9.17, 15) is 4.79 Å². The number of anilines is 1. The minimum atomic E-state index is 0.0494. The molecule has 0 fully saturated rings. The summed E-state index contributed by atoms with van der Waals surface area (Å²) in [5.41, 5.74) is 5.92. The van der Waals surface area contributed by atoms with Crippen LogP contribution in [0.5, 0.6) is 0 Å². The number of carbonyl (C=O) groups is 1. The Morgan fingerprint density at radius 2 is 1.70 bits per heavy atom. The third kappa shape index (κ3) is 4.22. The van der Waals surface area contributed by atoms with Gasteiger partial charge in [0.1, 0.15) is 0 Å². The number of pyridine rings is 1. The summed E-state index contributed by atoms with van der Waals surface area (Å²) < 4.78 is 0. The van der Waals surface area contributed by atoms with Crippen LogP contribution in [0.2, 0.25) is 5.02 Å². The molecule has 0 spiro atoms. The Hall–Kier alpha value is -3.63. The van der Waals surface area contributed by atoms with Gasteiger partial charge in [0.25, 0.3) is 0 Å². The van der Waals surface area contributed by atoms with Crippen molar-refractivity contribution < 1.29 is 4.79 Å². The summed E-state index contributed by atoms with van der Waals surface area (Å²) in [6.07, 6.45) is 1.94. The standard InChI is InChI=1S/C28H24ClN3O/c1-32(26-15-7-4-12-22(26)29)27(33)16-8-11-21-20-10-3-6-14-24(20)31-28(21)25-18-17-19-9-2-5-13-23(19)30-25/h2-7,9-10,12-15,17-18,31H,8,11,16H2,1H3. The van der Waals surface area contributed by atoms with Crippen LogP contribution in [0.1, 0.15) is 18.4 Å². The number of para-hydroxylation sites is 3. The third-order valence-electron chi connectivity index (χ3n) is 6.07. The number of halogens is 1. The Balaban J connectivity index is 1.41. The number of rotatable bonds is 6. The number of nitrogens with one attached hydrogen (secondary N) is 1. The fourth-order valence-electron chi connectivity index (χ4n) is 4.33. The van der Waals surface area contributed by atoms with Crippen molar-refractivity contribution in [2.24, 2.45) is 0 Å². The first kappa shape index (κ1) is 21.2. The van der Waals surface area contributed by atoms with Gasteiger partial charge in [0.05, 0.1) is 27.6 Å². The van der Waals surface area contributed by atoms with Crippen LogP contribution in [0.15, 0.2) is 84.9 Å². The summed E-state index contributed by atoms with van der Waals surface area (Å²) in [5, 5.41) is 2.87. The van der Waals surface area contributed by atoms with E-state index in [2.05, 4.69) is 35.3 Å². The number of carbonyl (C=O) groups excluding carboxylic acids is 1. The van der Waals surface area contributed by atoms with E-state index in [-0.39, 0.29) is 5.91 Å². The summed E-state index contributed by atoms with van der Waals surface area (Å²) in [6.45, 7) is 0. The Labute approximate surface area is 197 Å². The fourth-order valence-corrected chi connectivity index (χ4v) is 4.59. The molecule has 0 aliphatic rings. The largest absolute Gasteiger partial charge is 0.353 e. The number of hydrogen-bond acceptors (Lipinski definition) is 2. The molecule has 33 heavy (non-hydrogen) atoms. The minimum absolute atomic E-state index is 0.0494. The molecule has 5 aromatic rings. The second kappa shape index (κ2) is 9.08. The van der Waals surface area contributed by atoms with E-state index in [0.29, 0.717) is 11.4 Å². The van der Waals surface area contributed by atoms with E-state index >= 15 is 0 Å². The van der Waals surface area contributed by atoms with E-state index < -0.39 is 0 Å². The Morgan fingerprint density at radius 1 is 0.939 bits per heavy atom. The van der Waals surface area contributed by atoms with Crippen LogP contribution in [0.25, 0.3) is 33.2 Å². The molecule has 2 heterocycles. The van der Waals surface area contributed by atoms with E-state index in [0.717, 1.165) is 46.3 Å². The van der Waals surface area contributed by atoms with Crippen molar-refractivity contribution in [3.8, 4) is 11.4 Å². The van der Waals surface area contributed by atoms with Crippen LogP contribution in [-0.2, 0) is 11.2 Å². The molecule has 1 N–H and O–H groups in total. The van der Waals surface area contributed by atoms with Crippen LogP contribution in [-0.4, -0.2) is 22.9 Å².